The Labute approximate surface area is 134 Å². The van der Waals surface area contributed by atoms with Gasteiger partial charge in [0.25, 0.3) is 5.91 Å². The molecule has 2 N–H and O–H groups in total. The van der Waals surface area contributed by atoms with Crippen LogP contribution in [0.25, 0.3) is 6.08 Å². The van der Waals surface area contributed by atoms with E-state index in [1.54, 1.807) is 30.3 Å². The van der Waals surface area contributed by atoms with E-state index in [9.17, 15) is 9.59 Å². The molecule has 21 heavy (non-hydrogen) atoms. The third-order valence-corrected chi connectivity index (χ3v) is 4.21. The van der Waals surface area contributed by atoms with Crippen molar-refractivity contribution in [2.24, 2.45) is 0 Å². The van der Waals surface area contributed by atoms with Crippen LogP contribution in [0.4, 0.5) is 5.69 Å². The average Bonchev–Trinajstić information content (AvgIpc) is 2.89. The second-order valence-electron chi connectivity index (χ2n) is 3.96. The zero-order valence-electron chi connectivity index (χ0n) is 10.5. The van der Waals surface area contributed by atoms with E-state index >= 15 is 0 Å². The van der Waals surface area contributed by atoms with E-state index in [1.165, 1.54) is 17.4 Å². The number of halogens is 2. The first-order valence-corrected chi connectivity index (χ1v) is 7.30. The Hall–Kier alpha value is -1.82. The predicted molar refractivity (Wildman–Crippen MR) is 85.4 cm³/mol. The van der Waals surface area contributed by atoms with Crippen molar-refractivity contribution in [3.8, 4) is 0 Å². The van der Waals surface area contributed by atoms with Crippen LogP contribution in [0, 0.1) is 0 Å². The lowest BCUT2D eigenvalue weighted by Crippen LogP contribution is -2.09. The van der Waals surface area contributed by atoms with Gasteiger partial charge in [-0.3, -0.25) is 4.79 Å². The molecule has 0 atom stereocenters. The van der Waals surface area contributed by atoms with Crippen molar-refractivity contribution in [2.45, 2.75) is 0 Å². The zero-order chi connectivity index (χ0) is 15.4. The Bertz CT molecular complexity index is 725. The van der Waals surface area contributed by atoms with Crippen molar-refractivity contribution in [2.75, 3.05) is 5.32 Å². The number of carboxylic acids is 1. The van der Waals surface area contributed by atoms with Crippen molar-refractivity contribution in [1.82, 2.24) is 0 Å². The van der Waals surface area contributed by atoms with Gasteiger partial charge in [-0.2, -0.15) is 0 Å². The number of carboxylic acid groups (broad SMARTS) is 1. The molecule has 0 spiro atoms. The summed E-state index contributed by atoms with van der Waals surface area (Å²) in [7, 11) is 0. The smallest absolute Gasteiger partial charge is 0.328 e. The Morgan fingerprint density at radius 2 is 1.90 bits per heavy atom. The van der Waals surface area contributed by atoms with Crippen LogP contribution in [0.3, 0.4) is 0 Å². The summed E-state index contributed by atoms with van der Waals surface area (Å²) < 4.78 is 0. The molecule has 1 amide bonds. The van der Waals surface area contributed by atoms with Gasteiger partial charge in [0.15, 0.2) is 0 Å². The number of anilines is 1. The topological polar surface area (TPSA) is 66.4 Å². The van der Waals surface area contributed by atoms with E-state index in [0.717, 1.165) is 6.08 Å². The number of thiophene rings is 1. The van der Waals surface area contributed by atoms with Gasteiger partial charge in [0.2, 0.25) is 0 Å². The number of amides is 1. The van der Waals surface area contributed by atoms with Crippen molar-refractivity contribution in [3.05, 3.63) is 56.2 Å². The number of carbonyl (C=O) groups is 2. The average molecular weight is 342 g/mol. The van der Waals surface area contributed by atoms with Crippen LogP contribution in [0.1, 0.15) is 14.5 Å². The highest BCUT2D eigenvalue weighted by molar-refractivity contribution is 7.15. The summed E-state index contributed by atoms with van der Waals surface area (Å²) in [5.74, 6) is -1.33. The number of carbonyl (C=O) groups excluding carboxylic acids is 1. The Kier molecular flexibility index (Phi) is 5.01. The third-order valence-electron chi connectivity index (χ3n) is 2.42. The van der Waals surface area contributed by atoms with Crippen LogP contribution in [0.5, 0.6) is 0 Å². The van der Waals surface area contributed by atoms with Gasteiger partial charge in [0.1, 0.15) is 0 Å². The second kappa shape index (κ2) is 6.76. The molecular formula is C14H9Cl2NO3S. The lowest BCUT2D eigenvalue weighted by Gasteiger charge is -2.04. The lowest BCUT2D eigenvalue weighted by atomic mass is 10.3. The van der Waals surface area contributed by atoms with Crippen LogP contribution in [-0.2, 0) is 4.79 Å². The second-order valence-corrected chi connectivity index (χ2v) is 5.89. The fraction of sp³-hybridized carbons (Fsp3) is 0. The van der Waals surface area contributed by atoms with Crippen molar-refractivity contribution >= 4 is 58.2 Å². The summed E-state index contributed by atoms with van der Waals surface area (Å²) in [6, 6.07) is 8.09. The molecule has 7 heteroatoms. The molecule has 4 nitrogen and oxygen atoms in total. The molecule has 0 bridgehead atoms. The first kappa shape index (κ1) is 15.6. The minimum Gasteiger partial charge on any atom is -0.478 e. The van der Waals surface area contributed by atoms with Gasteiger partial charge >= 0.3 is 5.97 Å². The number of rotatable bonds is 4. The molecule has 0 fully saturated rings. The van der Waals surface area contributed by atoms with E-state index in [1.807, 2.05) is 0 Å². The van der Waals surface area contributed by atoms with Crippen molar-refractivity contribution in [3.63, 3.8) is 0 Å². The highest BCUT2D eigenvalue weighted by atomic mass is 35.5. The van der Waals surface area contributed by atoms with Gasteiger partial charge < -0.3 is 10.4 Å². The Balaban J connectivity index is 2.10. The molecule has 2 rings (SSSR count). The number of hydrogen-bond donors (Lipinski definition) is 2. The monoisotopic (exact) mass is 341 g/mol. The molecule has 1 aromatic heterocycles. The summed E-state index contributed by atoms with van der Waals surface area (Å²) >= 11 is 12.9. The molecule has 0 unspecified atom stereocenters. The maximum atomic E-state index is 12.0. The van der Waals surface area contributed by atoms with E-state index in [2.05, 4.69) is 5.32 Å². The molecule has 108 valence electrons. The number of hydrogen-bond acceptors (Lipinski definition) is 3. The SMILES string of the molecule is O=C(O)C=Cc1ccc(C(=O)Nc2ccc(Cl)c(Cl)c2)s1. The van der Waals surface area contributed by atoms with Crippen molar-refractivity contribution < 1.29 is 14.7 Å². The van der Waals surface area contributed by atoms with Gasteiger partial charge in [-0.15, -0.1) is 11.3 Å². The summed E-state index contributed by atoms with van der Waals surface area (Å²) in [4.78, 5) is 23.6. The van der Waals surface area contributed by atoms with E-state index in [0.29, 0.717) is 25.5 Å². The van der Waals surface area contributed by atoms with Gasteiger partial charge in [0.05, 0.1) is 14.9 Å². The normalized spacial score (nSPS) is 10.8. The Morgan fingerprint density at radius 3 is 2.57 bits per heavy atom. The predicted octanol–water partition coefficient (Wildman–Crippen LogP) is 4.41. The minimum atomic E-state index is -1.04. The lowest BCUT2D eigenvalue weighted by molar-refractivity contribution is -0.131. The molecule has 2 aromatic rings. The molecule has 1 heterocycles. The molecular weight excluding hydrogens is 333 g/mol. The Morgan fingerprint density at radius 1 is 1.14 bits per heavy atom. The first-order chi connectivity index (χ1) is 9.95. The molecule has 0 aliphatic carbocycles. The molecule has 0 aliphatic rings. The zero-order valence-corrected chi connectivity index (χ0v) is 12.8. The molecule has 0 saturated carbocycles. The van der Waals surface area contributed by atoms with E-state index < -0.39 is 5.97 Å². The first-order valence-electron chi connectivity index (χ1n) is 5.73. The molecule has 0 aliphatic heterocycles. The van der Waals surface area contributed by atoms with Crippen LogP contribution in [0.15, 0.2) is 36.4 Å². The highest BCUT2D eigenvalue weighted by Gasteiger charge is 2.09. The quantitative estimate of drug-likeness (QED) is 0.809. The third kappa shape index (κ3) is 4.32. The number of benzene rings is 1. The summed E-state index contributed by atoms with van der Waals surface area (Å²) in [6.07, 6.45) is 2.45. The van der Waals surface area contributed by atoms with Gasteiger partial charge in [-0.05, 0) is 36.4 Å². The fourth-order valence-electron chi connectivity index (χ4n) is 1.48. The maximum Gasteiger partial charge on any atom is 0.328 e. The van der Waals surface area contributed by atoms with Crippen LogP contribution < -0.4 is 5.32 Å². The molecule has 0 radical (unpaired) electrons. The summed E-state index contributed by atoms with van der Waals surface area (Å²) in [5.41, 5.74) is 0.533. The van der Waals surface area contributed by atoms with E-state index in [4.69, 9.17) is 28.3 Å². The molecule has 1 aromatic carbocycles. The maximum absolute atomic E-state index is 12.0. The van der Waals surface area contributed by atoms with Crippen molar-refractivity contribution in [1.29, 1.82) is 0 Å². The minimum absolute atomic E-state index is 0.298. The fourth-order valence-corrected chi connectivity index (χ4v) is 2.59. The highest BCUT2D eigenvalue weighted by Crippen LogP contribution is 2.26. The molecule has 0 saturated heterocycles. The van der Waals surface area contributed by atoms with Crippen LogP contribution in [-0.4, -0.2) is 17.0 Å². The van der Waals surface area contributed by atoms with Crippen LogP contribution in [0.2, 0.25) is 10.0 Å². The largest absolute Gasteiger partial charge is 0.478 e. The summed E-state index contributed by atoms with van der Waals surface area (Å²) in [5, 5.41) is 12.0. The number of nitrogens with one attached hydrogen (secondary N) is 1. The van der Waals surface area contributed by atoms with Gasteiger partial charge in [-0.1, -0.05) is 23.2 Å². The standard InChI is InChI=1S/C14H9Cl2NO3S/c15-10-4-1-8(7-11(10)16)17-14(20)12-5-2-9(21-12)3-6-13(18)19/h1-7H,(H,17,20)(H,18,19). The van der Waals surface area contributed by atoms with Crippen LogP contribution >= 0.6 is 34.5 Å². The number of aliphatic carboxylic acids is 1. The van der Waals surface area contributed by atoms with E-state index in [-0.39, 0.29) is 5.91 Å². The van der Waals surface area contributed by atoms with Gasteiger partial charge in [-0.25, -0.2) is 4.79 Å². The summed E-state index contributed by atoms with van der Waals surface area (Å²) in [6.45, 7) is 0. The van der Waals surface area contributed by atoms with Gasteiger partial charge in [0, 0.05) is 16.6 Å².